The number of urea groups is 1. The summed E-state index contributed by atoms with van der Waals surface area (Å²) < 4.78 is 0. The van der Waals surface area contributed by atoms with Gasteiger partial charge in [-0.1, -0.05) is 6.07 Å². The molecule has 0 aromatic heterocycles. The van der Waals surface area contributed by atoms with E-state index < -0.39 is 5.60 Å². The van der Waals surface area contributed by atoms with E-state index >= 15 is 0 Å². The fourth-order valence-corrected chi connectivity index (χ4v) is 2.52. The van der Waals surface area contributed by atoms with Crippen molar-refractivity contribution in [2.24, 2.45) is 0 Å². The number of nitrogens with zero attached hydrogens (tertiary/aromatic N) is 1. The molecule has 1 fully saturated rings. The monoisotopic (exact) mass is 282 g/mol. The van der Waals surface area contributed by atoms with E-state index in [9.17, 15) is 9.90 Å². The minimum absolute atomic E-state index is 0.164. The van der Waals surface area contributed by atoms with Crippen LogP contribution >= 0.6 is 11.8 Å². The lowest BCUT2D eigenvalue weighted by atomic mass is 10.1. The lowest BCUT2D eigenvalue weighted by molar-refractivity contribution is -0.00246. The van der Waals surface area contributed by atoms with Crippen molar-refractivity contribution in [3.8, 4) is 0 Å². The zero-order valence-electron chi connectivity index (χ0n) is 10.8. The fourth-order valence-electron chi connectivity index (χ4n) is 2.06. The minimum atomic E-state index is -1.15. The summed E-state index contributed by atoms with van der Waals surface area (Å²) in [5.41, 5.74) is -0.422. The first-order valence-electron chi connectivity index (χ1n) is 6.09. The SMILES string of the molecule is CSc1cccc(NC(=O)N2CC[C@@](O)(CO)C2)c1. The van der Waals surface area contributed by atoms with Crippen molar-refractivity contribution in [2.75, 3.05) is 31.3 Å². The standard InChI is InChI=1S/C13H18N2O3S/c1-19-11-4-2-3-10(7-11)14-12(17)15-6-5-13(18,8-15)9-16/h2-4,7,16,18H,5-6,8-9H2,1H3,(H,14,17)/t13-/m0/s1. The Hall–Kier alpha value is -1.24. The first kappa shape index (κ1) is 14.2. The van der Waals surface area contributed by atoms with Gasteiger partial charge in [-0.2, -0.15) is 0 Å². The molecule has 1 saturated heterocycles. The summed E-state index contributed by atoms with van der Waals surface area (Å²) in [5, 5.41) is 21.8. The van der Waals surface area contributed by atoms with Crippen molar-refractivity contribution in [3.63, 3.8) is 0 Å². The first-order valence-corrected chi connectivity index (χ1v) is 7.32. The third kappa shape index (κ3) is 3.40. The quantitative estimate of drug-likeness (QED) is 0.732. The Labute approximate surface area is 116 Å². The molecular formula is C13H18N2O3S. The van der Waals surface area contributed by atoms with Gasteiger partial charge in [0.05, 0.1) is 13.2 Å². The molecule has 1 aliphatic rings. The summed E-state index contributed by atoms with van der Waals surface area (Å²) >= 11 is 1.61. The zero-order chi connectivity index (χ0) is 13.9. The van der Waals surface area contributed by atoms with Crippen LogP contribution in [0, 0.1) is 0 Å². The summed E-state index contributed by atoms with van der Waals surface area (Å²) in [4.78, 5) is 14.6. The molecule has 2 amide bonds. The molecule has 0 radical (unpaired) electrons. The lowest BCUT2D eigenvalue weighted by Crippen LogP contribution is -2.40. The highest BCUT2D eigenvalue weighted by atomic mass is 32.2. The van der Waals surface area contributed by atoms with Crippen LogP contribution in [0.25, 0.3) is 0 Å². The van der Waals surface area contributed by atoms with Crippen LogP contribution in [0.4, 0.5) is 10.5 Å². The smallest absolute Gasteiger partial charge is 0.321 e. The zero-order valence-corrected chi connectivity index (χ0v) is 11.6. The third-order valence-electron chi connectivity index (χ3n) is 3.23. The van der Waals surface area contributed by atoms with Crippen LogP contribution in [0.3, 0.4) is 0 Å². The molecule has 19 heavy (non-hydrogen) atoms. The van der Waals surface area contributed by atoms with Crippen molar-refractivity contribution < 1.29 is 15.0 Å². The van der Waals surface area contributed by atoms with Gasteiger partial charge in [-0.25, -0.2) is 4.79 Å². The van der Waals surface area contributed by atoms with Gasteiger partial charge in [0.15, 0.2) is 0 Å². The van der Waals surface area contributed by atoms with Crippen LogP contribution in [-0.2, 0) is 0 Å². The van der Waals surface area contributed by atoms with Gasteiger partial charge in [-0.05, 0) is 30.9 Å². The Balaban J connectivity index is 1.98. The number of anilines is 1. The maximum absolute atomic E-state index is 12.0. The van der Waals surface area contributed by atoms with E-state index in [1.165, 1.54) is 4.90 Å². The molecule has 0 bridgehead atoms. The molecule has 104 valence electrons. The summed E-state index contributed by atoms with van der Waals surface area (Å²) in [6.07, 6.45) is 2.38. The Bertz CT molecular complexity index is 469. The number of aliphatic hydroxyl groups excluding tert-OH is 1. The van der Waals surface area contributed by atoms with Gasteiger partial charge in [0, 0.05) is 17.1 Å². The predicted molar refractivity (Wildman–Crippen MR) is 75.5 cm³/mol. The highest BCUT2D eigenvalue weighted by Gasteiger charge is 2.37. The number of rotatable bonds is 3. The van der Waals surface area contributed by atoms with Crippen molar-refractivity contribution in [3.05, 3.63) is 24.3 Å². The molecule has 1 atom stereocenters. The van der Waals surface area contributed by atoms with Gasteiger partial charge >= 0.3 is 6.03 Å². The van der Waals surface area contributed by atoms with E-state index in [1.54, 1.807) is 11.8 Å². The number of hydrogen-bond acceptors (Lipinski definition) is 4. The van der Waals surface area contributed by atoms with E-state index in [0.29, 0.717) is 13.0 Å². The topological polar surface area (TPSA) is 72.8 Å². The average Bonchev–Trinajstić information content (AvgIpc) is 2.82. The van der Waals surface area contributed by atoms with Crippen LogP contribution < -0.4 is 5.32 Å². The number of hydrogen-bond donors (Lipinski definition) is 3. The average molecular weight is 282 g/mol. The molecule has 0 saturated carbocycles. The van der Waals surface area contributed by atoms with Crippen molar-refractivity contribution in [1.82, 2.24) is 4.90 Å². The van der Waals surface area contributed by atoms with Crippen molar-refractivity contribution in [2.45, 2.75) is 16.9 Å². The molecule has 1 aromatic rings. The van der Waals surface area contributed by atoms with Gasteiger partial charge in [0.1, 0.15) is 5.60 Å². The van der Waals surface area contributed by atoms with Gasteiger partial charge < -0.3 is 20.4 Å². The van der Waals surface area contributed by atoms with E-state index in [-0.39, 0.29) is 19.2 Å². The predicted octanol–water partition coefficient (Wildman–Crippen LogP) is 1.37. The molecule has 1 heterocycles. The molecule has 0 unspecified atom stereocenters. The lowest BCUT2D eigenvalue weighted by Gasteiger charge is -2.21. The Morgan fingerprint density at radius 2 is 2.37 bits per heavy atom. The number of aliphatic hydroxyl groups is 2. The number of carbonyl (C=O) groups excluding carboxylic acids is 1. The number of thioether (sulfide) groups is 1. The van der Waals surface area contributed by atoms with Gasteiger partial charge in [-0.3, -0.25) is 0 Å². The largest absolute Gasteiger partial charge is 0.393 e. The Morgan fingerprint density at radius 3 is 3.00 bits per heavy atom. The molecule has 0 aliphatic carbocycles. The second kappa shape index (κ2) is 5.81. The minimum Gasteiger partial charge on any atom is -0.393 e. The van der Waals surface area contributed by atoms with Gasteiger partial charge in [0.2, 0.25) is 0 Å². The fraction of sp³-hybridized carbons (Fsp3) is 0.462. The van der Waals surface area contributed by atoms with Crippen molar-refractivity contribution >= 4 is 23.5 Å². The molecule has 1 aliphatic heterocycles. The summed E-state index contributed by atoms with van der Waals surface area (Å²) in [5.74, 6) is 0. The Morgan fingerprint density at radius 1 is 1.58 bits per heavy atom. The molecule has 1 aromatic carbocycles. The van der Waals surface area contributed by atoms with Crippen LogP contribution in [0.1, 0.15) is 6.42 Å². The van der Waals surface area contributed by atoms with E-state index in [2.05, 4.69) is 5.32 Å². The molecule has 5 nitrogen and oxygen atoms in total. The second-order valence-corrected chi connectivity index (χ2v) is 5.60. The summed E-state index contributed by atoms with van der Waals surface area (Å²) in [7, 11) is 0. The first-order chi connectivity index (χ1) is 9.06. The van der Waals surface area contributed by atoms with Crippen LogP contribution in [0.5, 0.6) is 0 Å². The number of likely N-dealkylation sites (tertiary alicyclic amines) is 1. The molecular weight excluding hydrogens is 264 g/mol. The second-order valence-electron chi connectivity index (χ2n) is 4.72. The maximum Gasteiger partial charge on any atom is 0.321 e. The molecule has 0 spiro atoms. The van der Waals surface area contributed by atoms with Crippen molar-refractivity contribution in [1.29, 1.82) is 0 Å². The number of amides is 2. The number of nitrogens with one attached hydrogen (secondary N) is 1. The van der Waals surface area contributed by atoms with E-state index in [1.807, 2.05) is 30.5 Å². The Kier molecular flexibility index (Phi) is 4.34. The highest BCUT2D eigenvalue weighted by molar-refractivity contribution is 7.98. The van der Waals surface area contributed by atoms with E-state index in [0.717, 1.165) is 10.6 Å². The van der Waals surface area contributed by atoms with Crippen LogP contribution in [0.15, 0.2) is 29.2 Å². The number of benzene rings is 1. The summed E-state index contributed by atoms with van der Waals surface area (Å²) in [6.45, 7) is 0.293. The van der Waals surface area contributed by atoms with Crippen LogP contribution in [0.2, 0.25) is 0 Å². The molecule has 3 N–H and O–H groups in total. The normalized spacial score (nSPS) is 22.6. The van der Waals surface area contributed by atoms with Crippen LogP contribution in [-0.4, -0.2) is 52.7 Å². The van der Waals surface area contributed by atoms with Gasteiger partial charge in [-0.15, -0.1) is 11.8 Å². The molecule has 2 rings (SSSR count). The number of carbonyl (C=O) groups is 1. The highest BCUT2D eigenvalue weighted by Crippen LogP contribution is 2.23. The maximum atomic E-state index is 12.0. The van der Waals surface area contributed by atoms with Gasteiger partial charge in [0.25, 0.3) is 0 Å². The third-order valence-corrected chi connectivity index (χ3v) is 3.96. The number of β-amino-alcohol motifs (C(OH)–C–C–N with tert-alkyl or cyclic N) is 1. The molecule has 6 heteroatoms. The van der Waals surface area contributed by atoms with E-state index in [4.69, 9.17) is 5.11 Å². The summed E-state index contributed by atoms with van der Waals surface area (Å²) in [6, 6.07) is 7.33.